The Morgan fingerprint density at radius 1 is 0.931 bits per heavy atom. The average molecular weight is 410 g/mol. The second-order valence-corrected chi connectivity index (χ2v) is 6.75. The van der Waals surface area contributed by atoms with Crippen LogP contribution >= 0.6 is 0 Å². The van der Waals surface area contributed by atoms with Gasteiger partial charge in [0.05, 0.1) is 18.0 Å². The highest BCUT2D eigenvalue weighted by Crippen LogP contribution is 2.29. The number of carbonyl (C=O) groups is 2. The standard InChI is InChI=1S/C21H30O8/c1-14(2)24-12-26-19-11-17(8-10-20(22)28-15(3)4)7-9-18(19)25-13-27-21(23)29-16(5)6/h7,9,11,15-16H,1,8,10,12-13H2,2-6H3. The summed E-state index contributed by atoms with van der Waals surface area (Å²) in [6.07, 6.45) is -0.556. The molecule has 0 N–H and O–H groups in total. The van der Waals surface area contributed by atoms with Crippen molar-refractivity contribution in [2.75, 3.05) is 13.6 Å². The van der Waals surface area contributed by atoms with Crippen LogP contribution in [0.1, 0.15) is 46.6 Å². The van der Waals surface area contributed by atoms with Gasteiger partial charge in [-0.05, 0) is 58.7 Å². The van der Waals surface area contributed by atoms with Crippen molar-refractivity contribution in [2.45, 2.75) is 59.7 Å². The maximum absolute atomic E-state index is 11.7. The number of aryl methyl sites for hydroxylation is 1. The molecule has 0 bridgehead atoms. The van der Waals surface area contributed by atoms with E-state index in [0.717, 1.165) is 5.56 Å². The number of benzene rings is 1. The Bertz CT molecular complexity index is 681. The second-order valence-electron chi connectivity index (χ2n) is 6.75. The van der Waals surface area contributed by atoms with Crippen molar-refractivity contribution in [3.8, 4) is 11.5 Å². The van der Waals surface area contributed by atoms with E-state index in [1.165, 1.54) is 0 Å². The average Bonchev–Trinajstić information content (AvgIpc) is 2.60. The molecule has 162 valence electrons. The lowest BCUT2D eigenvalue weighted by atomic mass is 10.1. The van der Waals surface area contributed by atoms with Crippen molar-refractivity contribution in [1.82, 2.24) is 0 Å². The van der Waals surface area contributed by atoms with Gasteiger partial charge in [0.25, 0.3) is 0 Å². The van der Waals surface area contributed by atoms with E-state index >= 15 is 0 Å². The Morgan fingerprint density at radius 3 is 2.17 bits per heavy atom. The molecular formula is C21H30O8. The predicted octanol–water partition coefficient (Wildman–Crippen LogP) is 4.36. The van der Waals surface area contributed by atoms with Crippen LogP contribution in [0, 0.1) is 0 Å². The zero-order chi connectivity index (χ0) is 21.8. The molecule has 0 spiro atoms. The summed E-state index contributed by atoms with van der Waals surface area (Å²) in [5.41, 5.74) is 0.850. The third kappa shape index (κ3) is 10.9. The number of hydrogen-bond donors (Lipinski definition) is 0. The molecule has 0 saturated heterocycles. The van der Waals surface area contributed by atoms with Crippen LogP contribution in [-0.2, 0) is 30.2 Å². The molecular weight excluding hydrogens is 380 g/mol. The van der Waals surface area contributed by atoms with Gasteiger partial charge < -0.3 is 28.4 Å². The maximum atomic E-state index is 11.7. The van der Waals surface area contributed by atoms with Crippen molar-refractivity contribution >= 4 is 12.1 Å². The zero-order valence-corrected chi connectivity index (χ0v) is 17.7. The van der Waals surface area contributed by atoms with Gasteiger partial charge in [-0.25, -0.2) is 4.79 Å². The Kier molecular flexibility index (Phi) is 10.4. The molecule has 0 fully saturated rings. The van der Waals surface area contributed by atoms with Crippen LogP contribution in [-0.4, -0.2) is 37.9 Å². The lowest BCUT2D eigenvalue weighted by Gasteiger charge is -2.15. The summed E-state index contributed by atoms with van der Waals surface area (Å²) < 4.78 is 31.1. The Hall–Kier alpha value is -2.90. The summed E-state index contributed by atoms with van der Waals surface area (Å²) in [6.45, 7) is 12.0. The normalized spacial score (nSPS) is 10.4. The topological polar surface area (TPSA) is 89.5 Å². The lowest BCUT2D eigenvalue weighted by Crippen LogP contribution is -2.16. The van der Waals surface area contributed by atoms with Gasteiger partial charge in [0.1, 0.15) is 0 Å². The zero-order valence-electron chi connectivity index (χ0n) is 17.7. The van der Waals surface area contributed by atoms with E-state index in [1.807, 2.05) is 0 Å². The van der Waals surface area contributed by atoms with Gasteiger partial charge in [-0.3, -0.25) is 4.79 Å². The molecule has 0 unspecified atom stereocenters. The molecule has 8 heteroatoms. The molecule has 0 radical (unpaired) electrons. The van der Waals surface area contributed by atoms with E-state index in [2.05, 4.69) is 6.58 Å². The summed E-state index contributed by atoms with van der Waals surface area (Å²) in [4.78, 5) is 23.2. The molecule has 0 amide bonds. The fourth-order valence-electron chi connectivity index (χ4n) is 2.07. The first-order chi connectivity index (χ1) is 13.7. The smallest absolute Gasteiger partial charge is 0.463 e. The Morgan fingerprint density at radius 2 is 1.55 bits per heavy atom. The third-order valence-electron chi connectivity index (χ3n) is 3.24. The van der Waals surface area contributed by atoms with E-state index in [4.69, 9.17) is 28.4 Å². The summed E-state index contributed by atoms with van der Waals surface area (Å²) in [6, 6.07) is 5.18. The van der Waals surface area contributed by atoms with Gasteiger partial charge in [0.15, 0.2) is 11.5 Å². The van der Waals surface area contributed by atoms with E-state index in [0.29, 0.717) is 23.7 Å². The number of hydrogen-bond acceptors (Lipinski definition) is 8. The molecule has 1 aromatic rings. The maximum Gasteiger partial charge on any atom is 0.511 e. The monoisotopic (exact) mass is 410 g/mol. The molecule has 8 nitrogen and oxygen atoms in total. The molecule has 0 atom stereocenters. The quantitative estimate of drug-likeness (QED) is 0.285. The van der Waals surface area contributed by atoms with Gasteiger partial charge >= 0.3 is 12.1 Å². The Labute approximate surface area is 171 Å². The predicted molar refractivity (Wildman–Crippen MR) is 106 cm³/mol. The molecule has 0 aliphatic rings. The van der Waals surface area contributed by atoms with Gasteiger partial charge in [0, 0.05) is 6.42 Å². The van der Waals surface area contributed by atoms with Crippen LogP contribution in [0.3, 0.4) is 0 Å². The minimum absolute atomic E-state index is 0.0687. The largest absolute Gasteiger partial charge is 0.511 e. The number of rotatable bonds is 12. The molecule has 1 rings (SSSR count). The van der Waals surface area contributed by atoms with Crippen LogP contribution < -0.4 is 9.47 Å². The SMILES string of the molecule is C=C(C)OCOc1cc(CCC(=O)OC(C)C)ccc1OCOC(=O)OC(C)C. The first-order valence-electron chi connectivity index (χ1n) is 9.37. The van der Waals surface area contributed by atoms with Gasteiger partial charge in [0.2, 0.25) is 13.6 Å². The van der Waals surface area contributed by atoms with Gasteiger partial charge in [-0.2, -0.15) is 0 Å². The minimum Gasteiger partial charge on any atom is -0.463 e. The van der Waals surface area contributed by atoms with Crippen molar-refractivity contribution in [3.63, 3.8) is 0 Å². The first kappa shape index (κ1) is 24.1. The summed E-state index contributed by atoms with van der Waals surface area (Å²) >= 11 is 0. The number of esters is 1. The highest BCUT2D eigenvalue weighted by molar-refractivity contribution is 5.70. The first-order valence-corrected chi connectivity index (χ1v) is 9.37. The molecule has 0 heterocycles. The van der Waals surface area contributed by atoms with E-state index in [9.17, 15) is 9.59 Å². The highest BCUT2D eigenvalue weighted by atomic mass is 16.8. The minimum atomic E-state index is -0.826. The number of carbonyl (C=O) groups excluding carboxylic acids is 2. The van der Waals surface area contributed by atoms with E-state index in [-0.39, 0.29) is 38.2 Å². The molecule has 0 aromatic heterocycles. The van der Waals surface area contributed by atoms with Crippen molar-refractivity contribution in [2.24, 2.45) is 0 Å². The van der Waals surface area contributed by atoms with Crippen molar-refractivity contribution < 1.29 is 38.0 Å². The fourth-order valence-corrected chi connectivity index (χ4v) is 2.07. The lowest BCUT2D eigenvalue weighted by molar-refractivity contribution is -0.147. The molecule has 1 aromatic carbocycles. The summed E-state index contributed by atoms with van der Waals surface area (Å²) in [5, 5.41) is 0. The number of ether oxygens (including phenoxy) is 6. The van der Waals surface area contributed by atoms with Crippen LogP contribution in [0.2, 0.25) is 0 Å². The van der Waals surface area contributed by atoms with Crippen LogP contribution in [0.4, 0.5) is 4.79 Å². The van der Waals surface area contributed by atoms with Crippen LogP contribution in [0.5, 0.6) is 11.5 Å². The third-order valence-corrected chi connectivity index (χ3v) is 3.24. The summed E-state index contributed by atoms with van der Waals surface area (Å²) in [7, 11) is 0. The molecule has 29 heavy (non-hydrogen) atoms. The summed E-state index contributed by atoms with van der Waals surface area (Å²) in [5.74, 6) is 0.952. The number of allylic oxidation sites excluding steroid dienone is 1. The Balaban J connectivity index is 2.73. The van der Waals surface area contributed by atoms with Crippen molar-refractivity contribution in [3.05, 3.63) is 36.1 Å². The van der Waals surface area contributed by atoms with Gasteiger partial charge in [-0.15, -0.1) is 0 Å². The highest BCUT2D eigenvalue weighted by Gasteiger charge is 2.12. The van der Waals surface area contributed by atoms with E-state index < -0.39 is 6.16 Å². The molecule has 0 aliphatic carbocycles. The fraction of sp³-hybridized carbons (Fsp3) is 0.524. The van der Waals surface area contributed by atoms with Gasteiger partial charge in [-0.1, -0.05) is 12.6 Å². The second kappa shape index (κ2) is 12.5. The molecule has 0 saturated carbocycles. The molecule has 0 aliphatic heterocycles. The van der Waals surface area contributed by atoms with Crippen LogP contribution in [0.15, 0.2) is 30.5 Å². The van der Waals surface area contributed by atoms with E-state index in [1.54, 1.807) is 52.8 Å². The van der Waals surface area contributed by atoms with Crippen molar-refractivity contribution in [1.29, 1.82) is 0 Å². The van der Waals surface area contributed by atoms with Crippen LogP contribution in [0.25, 0.3) is 0 Å².